The van der Waals surface area contributed by atoms with Crippen LogP contribution < -0.4 is 20.3 Å². The number of amides is 2. The highest BCUT2D eigenvalue weighted by molar-refractivity contribution is 6.30. The molecule has 0 spiro atoms. The second-order valence-corrected chi connectivity index (χ2v) is 7.69. The summed E-state index contributed by atoms with van der Waals surface area (Å²) in [6.07, 6.45) is 0. The molecule has 0 aromatic heterocycles. The van der Waals surface area contributed by atoms with Crippen molar-refractivity contribution in [3.05, 3.63) is 58.6 Å². The normalized spacial score (nSPS) is 16.3. The summed E-state index contributed by atoms with van der Waals surface area (Å²) in [5, 5.41) is 0.549. The first-order valence-corrected chi connectivity index (χ1v) is 10.1. The van der Waals surface area contributed by atoms with E-state index >= 15 is 0 Å². The minimum absolute atomic E-state index is 0.235. The van der Waals surface area contributed by atoms with Crippen molar-refractivity contribution >= 4 is 23.4 Å². The van der Waals surface area contributed by atoms with Gasteiger partial charge in [-0.3, -0.25) is 30.2 Å². The molecule has 9 heteroatoms. The number of carbonyl (C=O) groups is 2. The zero-order chi connectivity index (χ0) is 20.9. The van der Waals surface area contributed by atoms with Gasteiger partial charge >= 0.3 is 0 Å². The van der Waals surface area contributed by atoms with E-state index in [1.165, 1.54) is 5.56 Å². The van der Waals surface area contributed by atoms with Gasteiger partial charge < -0.3 is 9.47 Å². The third-order valence-corrected chi connectivity index (χ3v) is 5.35. The Bertz CT molecular complexity index is 914. The third-order valence-electron chi connectivity index (χ3n) is 5.10. The van der Waals surface area contributed by atoms with Gasteiger partial charge in [-0.1, -0.05) is 17.7 Å². The molecule has 8 nitrogen and oxygen atoms in total. The molecule has 2 aromatic rings. The van der Waals surface area contributed by atoms with E-state index in [1.54, 1.807) is 24.3 Å². The molecule has 4 rings (SSSR count). The predicted molar refractivity (Wildman–Crippen MR) is 111 cm³/mol. The lowest BCUT2D eigenvalue weighted by molar-refractivity contribution is -0.123. The summed E-state index contributed by atoms with van der Waals surface area (Å²) in [5.41, 5.74) is 6.50. The van der Waals surface area contributed by atoms with Crippen molar-refractivity contribution in [1.29, 1.82) is 0 Å². The van der Waals surface area contributed by atoms with E-state index in [0.29, 0.717) is 10.6 Å². The molecule has 2 heterocycles. The summed E-state index contributed by atoms with van der Waals surface area (Å²) < 4.78 is 10.8. The number of ether oxygens (including phenoxy) is 2. The van der Waals surface area contributed by atoms with E-state index in [2.05, 4.69) is 26.7 Å². The molecule has 0 radical (unpaired) electrons. The van der Waals surface area contributed by atoms with Crippen molar-refractivity contribution in [2.75, 3.05) is 39.5 Å². The van der Waals surface area contributed by atoms with Gasteiger partial charge in [0.15, 0.2) is 11.5 Å². The third kappa shape index (κ3) is 5.21. The maximum atomic E-state index is 12.2. The fraction of sp³-hybridized carbons (Fsp3) is 0.333. The maximum absolute atomic E-state index is 12.2. The Labute approximate surface area is 179 Å². The number of rotatable bonds is 5. The molecule has 2 aliphatic rings. The zero-order valence-corrected chi connectivity index (χ0v) is 17.2. The van der Waals surface area contributed by atoms with Crippen molar-refractivity contribution in [1.82, 2.24) is 20.7 Å². The average Bonchev–Trinajstić information content (AvgIpc) is 3.22. The number of nitrogens with zero attached hydrogens (tertiary/aromatic N) is 2. The van der Waals surface area contributed by atoms with Crippen LogP contribution in [0.5, 0.6) is 11.5 Å². The quantitative estimate of drug-likeness (QED) is 0.702. The first-order valence-electron chi connectivity index (χ1n) is 9.75. The van der Waals surface area contributed by atoms with Crippen LogP contribution in [0.15, 0.2) is 42.5 Å². The van der Waals surface area contributed by atoms with Gasteiger partial charge in [0.1, 0.15) is 0 Å². The van der Waals surface area contributed by atoms with Crippen LogP contribution in [0.1, 0.15) is 15.9 Å². The van der Waals surface area contributed by atoms with Gasteiger partial charge in [-0.05, 0) is 42.0 Å². The van der Waals surface area contributed by atoms with Gasteiger partial charge in [0, 0.05) is 43.3 Å². The van der Waals surface area contributed by atoms with Gasteiger partial charge in [-0.2, -0.15) is 0 Å². The lowest BCUT2D eigenvalue weighted by Gasteiger charge is -2.34. The Kier molecular flexibility index (Phi) is 6.37. The van der Waals surface area contributed by atoms with Crippen LogP contribution in [0.4, 0.5) is 0 Å². The molecule has 1 saturated heterocycles. The van der Waals surface area contributed by atoms with Crippen molar-refractivity contribution in [3.63, 3.8) is 0 Å². The maximum Gasteiger partial charge on any atom is 0.269 e. The molecule has 0 bridgehead atoms. The second kappa shape index (κ2) is 9.34. The van der Waals surface area contributed by atoms with E-state index < -0.39 is 0 Å². The molecule has 2 amide bonds. The second-order valence-electron chi connectivity index (χ2n) is 7.25. The summed E-state index contributed by atoms with van der Waals surface area (Å²) in [5.74, 6) is 0.955. The highest BCUT2D eigenvalue weighted by Crippen LogP contribution is 2.32. The van der Waals surface area contributed by atoms with E-state index in [-0.39, 0.29) is 25.2 Å². The number of fused-ring (bicyclic) bond motifs is 1. The first kappa shape index (κ1) is 20.5. The Hall–Kier alpha value is -2.81. The first-order chi connectivity index (χ1) is 14.6. The summed E-state index contributed by atoms with van der Waals surface area (Å²) in [7, 11) is 0. The smallest absolute Gasteiger partial charge is 0.269 e. The van der Waals surface area contributed by atoms with E-state index in [0.717, 1.165) is 44.2 Å². The largest absolute Gasteiger partial charge is 0.454 e. The van der Waals surface area contributed by atoms with E-state index in [4.69, 9.17) is 21.1 Å². The number of halogens is 1. The number of hydrogen-bond donors (Lipinski definition) is 2. The van der Waals surface area contributed by atoms with Crippen LogP contribution in [0.25, 0.3) is 0 Å². The molecule has 1 fully saturated rings. The fourth-order valence-corrected chi connectivity index (χ4v) is 3.57. The van der Waals surface area contributed by atoms with Crippen LogP contribution in [0, 0.1) is 0 Å². The zero-order valence-electron chi connectivity index (χ0n) is 16.4. The SMILES string of the molecule is O=C(CN1CCN(Cc2ccc3c(c2)OCO3)CC1)NNC(=O)c1ccc(Cl)cc1. The topological polar surface area (TPSA) is 83.1 Å². The summed E-state index contributed by atoms with van der Waals surface area (Å²) in [6, 6.07) is 12.5. The molecule has 2 N–H and O–H groups in total. The number of piperazine rings is 1. The van der Waals surface area contributed by atoms with Crippen molar-refractivity contribution in [2.24, 2.45) is 0 Å². The van der Waals surface area contributed by atoms with Crippen molar-refractivity contribution < 1.29 is 19.1 Å². The number of nitrogens with one attached hydrogen (secondary N) is 2. The molecule has 158 valence electrons. The summed E-state index contributed by atoms with van der Waals surface area (Å²) >= 11 is 5.81. The van der Waals surface area contributed by atoms with Gasteiger partial charge in [-0.15, -0.1) is 0 Å². The van der Waals surface area contributed by atoms with Gasteiger partial charge in [-0.25, -0.2) is 0 Å². The molecular weight excluding hydrogens is 408 g/mol. The Morgan fingerprint density at radius 1 is 0.900 bits per heavy atom. The molecule has 0 aliphatic carbocycles. The lowest BCUT2D eigenvalue weighted by Crippen LogP contribution is -2.51. The number of benzene rings is 2. The molecule has 0 saturated carbocycles. The molecule has 0 atom stereocenters. The van der Waals surface area contributed by atoms with Gasteiger partial charge in [0.25, 0.3) is 11.8 Å². The van der Waals surface area contributed by atoms with Crippen LogP contribution >= 0.6 is 11.6 Å². The van der Waals surface area contributed by atoms with Gasteiger partial charge in [0.05, 0.1) is 6.54 Å². The molecule has 0 unspecified atom stereocenters. The van der Waals surface area contributed by atoms with Crippen molar-refractivity contribution in [2.45, 2.75) is 6.54 Å². The fourth-order valence-electron chi connectivity index (χ4n) is 3.45. The number of carbonyl (C=O) groups excluding carboxylic acids is 2. The lowest BCUT2D eigenvalue weighted by atomic mass is 10.1. The van der Waals surface area contributed by atoms with Crippen LogP contribution in [0.2, 0.25) is 5.02 Å². The molecule has 30 heavy (non-hydrogen) atoms. The van der Waals surface area contributed by atoms with E-state index in [9.17, 15) is 9.59 Å². The Morgan fingerprint density at radius 2 is 1.60 bits per heavy atom. The number of hydrazine groups is 1. The Morgan fingerprint density at radius 3 is 2.37 bits per heavy atom. The average molecular weight is 431 g/mol. The van der Waals surface area contributed by atoms with E-state index in [1.807, 2.05) is 12.1 Å². The number of hydrogen-bond acceptors (Lipinski definition) is 6. The predicted octanol–water partition coefficient (Wildman–Crippen LogP) is 1.65. The van der Waals surface area contributed by atoms with Crippen LogP contribution in [0.3, 0.4) is 0 Å². The Balaban J connectivity index is 1.17. The summed E-state index contributed by atoms with van der Waals surface area (Å²) in [4.78, 5) is 28.6. The summed E-state index contributed by atoms with van der Waals surface area (Å²) in [6.45, 7) is 4.62. The van der Waals surface area contributed by atoms with Crippen molar-refractivity contribution in [3.8, 4) is 11.5 Å². The van der Waals surface area contributed by atoms with Crippen LogP contribution in [-0.2, 0) is 11.3 Å². The van der Waals surface area contributed by atoms with Crippen LogP contribution in [-0.4, -0.2) is 61.1 Å². The molecule has 2 aromatic carbocycles. The minimum Gasteiger partial charge on any atom is -0.454 e. The molecular formula is C21H23ClN4O4. The standard InChI is InChI=1S/C21H23ClN4O4/c22-17-4-2-16(3-5-17)21(28)24-23-20(27)13-26-9-7-25(8-10-26)12-15-1-6-18-19(11-15)30-14-29-18/h1-6,11H,7-10,12-14H2,(H,23,27)(H,24,28). The highest BCUT2D eigenvalue weighted by atomic mass is 35.5. The minimum atomic E-state index is -0.381. The monoisotopic (exact) mass is 430 g/mol. The highest BCUT2D eigenvalue weighted by Gasteiger charge is 2.20. The van der Waals surface area contributed by atoms with Gasteiger partial charge in [0.2, 0.25) is 6.79 Å². The molecule has 2 aliphatic heterocycles.